The maximum atomic E-state index is 6.03. The van der Waals surface area contributed by atoms with Crippen molar-refractivity contribution in [2.24, 2.45) is 0 Å². The summed E-state index contributed by atoms with van der Waals surface area (Å²) >= 11 is 0. The third-order valence-electron chi connectivity index (χ3n) is 2.93. The van der Waals surface area contributed by atoms with Crippen molar-refractivity contribution in [2.45, 2.75) is 40.7 Å². The summed E-state index contributed by atoms with van der Waals surface area (Å²) in [6.45, 7) is 10.2. The fraction of sp³-hybridized carbons (Fsp3) is 0.500. The molecule has 0 aromatic carbocycles. The van der Waals surface area contributed by atoms with Gasteiger partial charge in [0, 0.05) is 6.04 Å². The molecule has 4 heteroatoms. The summed E-state index contributed by atoms with van der Waals surface area (Å²) in [4.78, 5) is 9.03. The van der Waals surface area contributed by atoms with Crippen molar-refractivity contribution >= 4 is 16.7 Å². The number of hydrogen-bond acceptors (Lipinski definition) is 3. The third-order valence-corrected chi connectivity index (χ3v) is 2.93. The number of fused-ring (bicyclic) bond motifs is 1. The number of pyridine rings is 1. The van der Waals surface area contributed by atoms with Crippen LogP contribution >= 0.6 is 0 Å². The summed E-state index contributed by atoms with van der Waals surface area (Å²) in [5, 5.41) is 0. The van der Waals surface area contributed by atoms with Crippen LogP contribution in [0.15, 0.2) is 0 Å². The topological polar surface area (TPSA) is 56.7 Å². The van der Waals surface area contributed by atoms with Crippen LogP contribution in [0.2, 0.25) is 0 Å². The van der Waals surface area contributed by atoms with E-state index in [1.807, 2.05) is 20.8 Å². The molecule has 2 aromatic rings. The predicted octanol–water partition coefficient (Wildman–Crippen LogP) is 2.52. The molecule has 0 aliphatic rings. The molecule has 0 aliphatic carbocycles. The number of hydrogen-bond donors (Lipinski definition) is 1. The largest absolute Gasteiger partial charge is 0.395 e. The molecule has 0 bridgehead atoms. The summed E-state index contributed by atoms with van der Waals surface area (Å²) in [6.07, 6.45) is 0. The highest BCUT2D eigenvalue weighted by Crippen LogP contribution is 2.28. The highest BCUT2D eigenvalue weighted by Gasteiger charge is 2.16. The van der Waals surface area contributed by atoms with Crippen LogP contribution in [0.4, 0.5) is 5.69 Å². The first-order valence-electron chi connectivity index (χ1n) is 5.54. The van der Waals surface area contributed by atoms with Gasteiger partial charge in [-0.1, -0.05) is 0 Å². The van der Waals surface area contributed by atoms with Crippen LogP contribution in [0, 0.1) is 20.8 Å². The van der Waals surface area contributed by atoms with E-state index in [1.165, 1.54) is 0 Å². The van der Waals surface area contributed by atoms with Crippen LogP contribution in [-0.4, -0.2) is 14.5 Å². The molecule has 0 aliphatic heterocycles. The second-order valence-corrected chi connectivity index (χ2v) is 4.52. The minimum atomic E-state index is 0.368. The lowest BCUT2D eigenvalue weighted by molar-refractivity contribution is 0.598. The van der Waals surface area contributed by atoms with Gasteiger partial charge in [-0.3, -0.25) is 4.98 Å². The van der Waals surface area contributed by atoms with E-state index in [9.17, 15) is 0 Å². The van der Waals surface area contributed by atoms with Crippen molar-refractivity contribution in [1.82, 2.24) is 14.5 Å². The molecule has 0 fully saturated rings. The summed E-state index contributed by atoms with van der Waals surface area (Å²) in [5.41, 5.74) is 10.5. The quantitative estimate of drug-likeness (QED) is 0.800. The van der Waals surface area contributed by atoms with Crippen LogP contribution in [0.1, 0.15) is 37.1 Å². The van der Waals surface area contributed by atoms with Crippen LogP contribution in [0.3, 0.4) is 0 Å². The van der Waals surface area contributed by atoms with Gasteiger partial charge in [-0.15, -0.1) is 0 Å². The minimum absolute atomic E-state index is 0.368. The molecular formula is C12H18N4. The number of nitrogen functional groups attached to an aromatic ring is 1. The zero-order chi connectivity index (χ0) is 12.0. The first-order chi connectivity index (χ1) is 7.43. The van der Waals surface area contributed by atoms with E-state index < -0.39 is 0 Å². The van der Waals surface area contributed by atoms with Crippen molar-refractivity contribution in [3.05, 3.63) is 17.2 Å². The Balaban J connectivity index is 2.95. The highest BCUT2D eigenvalue weighted by atomic mass is 15.1. The molecule has 2 N–H and O–H groups in total. The van der Waals surface area contributed by atoms with Gasteiger partial charge in [-0.25, -0.2) is 4.98 Å². The average Bonchev–Trinajstić information content (AvgIpc) is 2.52. The zero-order valence-electron chi connectivity index (χ0n) is 10.5. The molecule has 0 atom stereocenters. The molecule has 2 rings (SSSR count). The van der Waals surface area contributed by atoms with Gasteiger partial charge in [0.1, 0.15) is 11.3 Å². The van der Waals surface area contributed by atoms with Crippen molar-refractivity contribution < 1.29 is 0 Å². The summed E-state index contributed by atoms with van der Waals surface area (Å²) in [6, 6.07) is 0.368. The van der Waals surface area contributed by atoms with Gasteiger partial charge < -0.3 is 10.3 Å². The number of nitrogens with two attached hydrogens (primary N) is 1. The Morgan fingerprint density at radius 1 is 1.06 bits per heavy atom. The normalized spacial score (nSPS) is 11.6. The molecule has 0 saturated heterocycles. The first kappa shape index (κ1) is 10.9. The molecular weight excluding hydrogens is 200 g/mol. The average molecular weight is 218 g/mol. The van der Waals surface area contributed by atoms with Crippen molar-refractivity contribution in [3.63, 3.8) is 0 Å². The monoisotopic (exact) mass is 218 g/mol. The van der Waals surface area contributed by atoms with Gasteiger partial charge >= 0.3 is 0 Å². The zero-order valence-corrected chi connectivity index (χ0v) is 10.5. The fourth-order valence-corrected chi connectivity index (χ4v) is 2.25. The second kappa shape index (κ2) is 3.47. The Labute approximate surface area is 95.5 Å². The van der Waals surface area contributed by atoms with Crippen molar-refractivity contribution in [2.75, 3.05) is 5.73 Å². The van der Waals surface area contributed by atoms with E-state index >= 15 is 0 Å². The van der Waals surface area contributed by atoms with Gasteiger partial charge in [0.2, 0.25) is 0 Å². The smallest absolute Gasteiger partial charge is 0.115 e. The van der Waals surface area contributed by atoms with Crippen molar-refractivity contribution in [3.8, 4) is 0 Å². The van der Waals surface area contributed by atoms with Crippen LogP contribution in [0.5, 0.6) is 0 Å². The maximum absolute atomic E-state index is 6.03. The molecule has 86 valence electrons. The number of imidazole rings is 1. The molecule has 0 spiro atoms. The molecule has 0 saturated carbocycles. The van der Waals surface area contributed by atoms with Gasteiger partial charge in [0.15, 0.2) is 0 Å². The van der Waals surface area contributed by atoms with E-state index in [4.69, 9.17) is 5.73 Å². The summed E-state index contributed by atoms with van der Waals surface area (Å²) in [7, 11) is 0. The fourth-order valence-electron chi connectivity index (χ4n) is 2.25. The van der Waals surface area contributed by atoms with Crippen LogP contribution in [-0.2, 0) is 0 Å². The van der Waals surface area contributed by atoms with E-state index in [0.29, 0.717) is 11.7 Å². The molecule has 2 heterocycles. The second-order valence-electron chi connectivity index (χ2n) is 4.52. The number of anilines is 1. The Hall–Kier alpha value is -1.58. The van der Waals surface area contributed by atoms with E-state index in [-0.39, 0.29) is 0 Å². The Morgan fingerprint density at radius 2 is 1.69 bits per heavy atom. The van der Waals surface area contributed by atoms with Gasteiger partial charge in [0.25, 0.3) is 0 Å². The molecule has 4 nitrogen and oxygen atoms in total. The lowest BCUT2D eigenvalue weighted by Gasteiger charge is -2.12. The predicted molar refractivity (Wildman–Crippen MR) is 66.5 cm³/mol. The van der Waals surface area contributed by atoms with Gasteiger partial charge in [-0.05, 0) is 34.6 Å². The summed E-state index contributed by atoms with van der Waals surface area (Å²) in [5.74, 6) is 0.993. The number of rotatable bonds is 1. The lowest BCUT2D eigenvalue weighted by Crippen LogP contribution is -2.05. The summed E-state index contributed by atoms with van der Waals surface area (Å²) < 4.78 is 2.19. The van der Waals surface area contributed by atoms with E-state index in [1.54, 1.807) is 0 Å². The van der Waals surface area contributed by atoms with Crippen molar-refractivity contribution in [1.29, 1.82) is 0 Å². The van der Waals surface area contributed by atoms with Crippen LogP contribution < -0.4 is 5.73 Å². The van der Waals surface area contributed by atoms with Gasteiger partial charge in [0.05, 0.1) is 22.6 Å². The Bertz CT molecular complexity index is 552. The highest BCUT2D eigenvalue weighted by molar-refractivity contribution is 5.90. The molecule has 0 unspecified atom stereocenters. The molecule has 2 aromatic heterocycles. The molecule has 16 heavy (non-hydrogen) atoms. The Morgan fingerprint density at radius 3 is 2.25 bits per heavy atom. The molecule has 0 amide bonds. The Kier molecular flexibility index (Phi) is 2.37. The SMILES string of the molecule is Cc1nc(C)c2c(nc(C)n2C(C)C)c1N. The van der Waals surface area contributed by atoms with Crippen LogP contribution in [0.25, 0.3) is 11.0 Å². The van der Waals surface area contributed by atoms with Gasteiger partial charge in [-0.2, -0.15) is 0 Å². The minimum Gasteiger partial charge on any atom is -0.395 e. The number of aromatic nitrogens is 3. The third kappa shape index (κ3) is 1.37. The first-order valence-corrected chi connectivity index (χ1v) is 5.54. The number of nitrogens with zero attached hydrogens (tertiary/aromatic N) is 3. The molecule has 0 radical (unpaired) electrons. The van der Waals surface area contributed by atoms with E-state index in [2.05, 4.69) is 28.4 Å². The van der Waals surface area contributed by atoms with E-state index in [0.717, 1.165) is 28.2 Å². The number of aryl methyl sites for hydroxylation is 3. The lowest BCUT2D eigenvalue weighted by atomic mass is 10.2. The maximum Gasteiger partial charge on any atom is 0.115 e. The standard InChI is InChI=1S/C12H18N4/c1-6(2)16-9(5)15-11-10(13)7(3)14-8(4)12(11)16/h6H,13H2,1-5H3.